The maximum Gasteiger partial charge on any atom is 0.255 e. The Morgan fingerprint density at radius 2 is 1.77 bits per heavy atom. The van der Waals surface area contributed by atoms with E-state index in [0.29, 0.717) is 43.1 Å². The summed E-state index contributed by atoms with van der Waals surface area (Å²) in [4.78, 5) is 38.6. The van der Waals surface area contributed by atoms with Crippen LogP contribution in [0.15, 0.2) is 59.7 Å². The third-order valence-electron chi connectivity index (χ3n) is 4.71. The molecule has 0 saturated heterocycles. The van der Waals surface area contributed by atoms with Gasteiger partial charge in [0.2, 0.25) is 5.91 Å². The highest BCUT2D eigenvalue weighted by Crippen LogP contribution is 2.14. The van der Waals surface area contributed by atoms with Gasteiger partial charge >= 0.3 is 0 Å². The Labute approximate surface area is 193 Å². The molecule has 0 unspecified atom stereocenters. The average molecular weight is 464 g/mol. The van der Waals surface area contributed by atoms with Crippen LogP contribution >= 0.6 is 24.8 Å². The first-order chi connectivity index (χ1) is 14.1. The summed E-state index contributed by atoms with van der Waals surface area (Å²) in [5, 5.41) is 0. The van der Waals surface area contributed by atoms with Gasteiger partial charge in [0, 0.05) is 42.3 Å². The lowest BCUT2D eigenvalue weighted by molar-refractivity contribution is -0.131. The number of hydrogen-bond acceptors (Lipinski definition) is 5. The third kappa shape index (κ3) is 7.17. The summed E-state index contributed by atoms with van der Waals surface area (Å²) >= 11 is 0. The first kappa shape index (κ1) is 26.3. The lowest BCUT2D eigenvalue weighted by atomic mass is 10.1. The molecule has 0 fully saturated rings. The van der Waals surface area contributed by atoms with E-state index in [4.69, 9.17) is 5.73 Å². The van der Waals surface area contributed by atoms with Gasteiger partial charge in [-0.2, -0.15) is 0 Å². The number of hydrogen-bond donors (Lipinski definition) is 2. The van der Waals surface area contributed by atoms with Gasteiger partial charge < -0.3 is 15.6 Å². The van der Waals surface area contributed by atoms with E-state index in [1.807, 2.05) is 30.3 Å². The minimum atomic E-state index is -0.295. The maximum absolute atomic E-state index is 13.0. The van der Waals surface area contributed by atoms with Crippen LogP contribution in [0.4, 0.5) is 0 Å². The number of aromatic amines is 1. The Morgan fingerprint density at radius 1 is 1.10 bits per heavy atom. The molecule has 0 atom stereocenters. The number of pyridine rings is 1. The number of aryl methyl sites for hydroxylation is 1. The van der Waals surface area contributed by atoms with Gasteiger partial charge in [-0.25, -0.2) is 4.98 Å². The van der Waals surface area contributed by atoms with Crippen LogP contribution in [0, 0.1) is 6.92 Å². The minimum Gasteiger partial charge on any atom is -0.338 e. The van der Waals surface area contributed by atoms with Crippen LogP contribution in [0.2, 0.25) is 0 Å². The molecule has 0 saturated carbocycles. The van der Waals surface area contributed by atoms with Crippen LogP contribution < -0.4 is 11.3 Å². The number of H-pyrrole nitrogens is 1. The van der Waals surface area contributed by atoms with Crippen LogP contribution in [-0.4, -0.2) is 38.8 Å². The zero-order chi connectivity index (χ0) is 20.6. The fraction of sp³-hybridized carbons (Fsp3) is 0.273. The first-order valence-electron chi connectivity index (χ1n) is 9.60. The molecule has 0 aliphatic heterocycles. The molecular formula is C22H27Cl2N5O2. The number of nitrogens with zero attached hydrogens (tertiary/aromatic N) is 3. The lowest BCUT2D eigenvalue weighted by Crippen LogP contribution is -2.35. The van der Waals surface area contributed by atoms with Crippen LogP contribution in [-0.2, 0) is 17.8 Å². The van der Waals surface area contributed by atoms with E-state index < -0.39 is 0 Å². The van der Waals surface area contributed by atoms with Crippen molar-refractivity contribution < 1.29 is 4.79 Å². The van der Waals surface area contributed by atoms with Gasteiger partial charge in [0.1, 0.15) is 5.82 Å². The van der Waals surface area contributed by atoms with Gasteiger partial charge in [-0.1, -0.05) is 30.3 Å². The molecule has 3 N–H and O–H groups in total. The highest BCUT2D eigenvalue weighted by Gasteiger charge is 2.18. The van der Waals surface area contributed by atoms with Crippen LogP contribution in [0.3, 0.4) is 0 Å². The van der Waals surface area contributed by atoms with Crippen molar-refractivity contribution in [3.05, 3.63) is 82.0 Å². The Morgan fingerprint density at radius 3 is 2.39 bits per heavy atom. The number of carbonyl (C=O) groups is 1. The molecule has 2 aromatic heterocycles. The molecule has 0 radical (unpaired) electrons. The number of benzene rings is 1. The molecule has 1 aromatic carbocycles. The Hall–Kier alpha value is -2.74. The number of amides is 1. The van der Waals surface area contributed by atoms with Gasteiger partial charge in [-0.3, -0.25) is 14.6 Å². The summed E-state index contributed by atoms with van der Waals surface area (Å²) in [5.74, 6) is 0.352. The molecule has 3 aromatic rings. The average Bonchev–Trinajstić information content (AvgIpc) is 2.74. The predicted octanol–water partition coefficient (Wildman–Crippen LogP) is 2.90. The van der Waals surface area contributed by atoms with Gasteiger partial charge in [-0.15, -0.1) is 24.8 Å². The van der Waals surface area contributed by atoms with Crippen molar-refractivity contribution in [3.8, 4) is 11.4 Å². The SMILES string of the molecule is Cc1nc(-c2ccncc2)[nH]c(=O)c1CC(=O)N(CCCN)Cc1ccccc1.Cl.Cl. The molecule has 0 aliphatic rings. The normalized spacial score (nSPS) is 10.0. The molecule has 7 nitrogen and oxygen atoms in total. The number of halogens is 2. The molecule has 31 heavy (non-hydrogen) atoms. The minimum absolute atomic E-state index is 0. The summed E-state index contributed by atoms with van der Waals surface area (Å²) < 4.78 is 0. The predicted molar refractivity (Wildman–Crippen MR) is 127 cm³/mol. The number of rotatable bonds is 8. The van der Waals surface area contributed by atoms with Gasteiger partial charge in [0.05, 0.1) is 6.42 Å². The summed E-state index contributed by atoms with van der Waals surface area (Å²) in [6, 6.07) is 13.3. The highest BCUT2D eigenvalue weighted by atomic mass is 35.5. The molecule has 166 valence electrons. The molecule has 0 aliphatic carbocycles. The second-order valence-electron chi connectivity index (χ2n) is 6.83. The quantitative estimate of drug-likeness (QED) is 0.534. The molecule has 2 heterocycles. The Bertz CT molecular complexity index is 1010. The second-order valence-corrected chi connectivity index (χ2v) is 6.83. The Kier molecular flexibility index (Phi) is 10.9. The molecular weight excluding hydrogens is 437 g/mol. The molecule has 0 bridgehead atoms. The van der Waals surface area contributed by atoms with Crippen molar-refractivity contribution in [2.24, 2.45) is 5.73 Å². The smallest absolute Gasteiger partial charge is 0.255 e. The summed E-state index contributed by atoms with van der Waals surface area (Å²) in [5.41, 5.74) is 8.08. The van der Waals surface area contributed by atoms with Gasteiger partial charge in [0.25, 0.3) is 5.56 Å². The van der Waals surface area contributed by atoms with Crippen LogP contribution in [0.1, 0.15) is 23.2 Å². The van der Waals surface area contributed by atoms with E-state index in [0.717, 1.165) is 11.1 Å². The van der Waals surface area contributed by atoms with E-state index in [-0.39, 0.29) is 42.7 Å². The van der Waals surface area contributed by atoms with Crippen molar-refractivity contribution in [1.29, 1.82) is 0 Å². The zero-order valence-electron chi connectivity index (χ0n) is 17.3. The summed E-state index contributed by atoms with van der Waals surface area (Å²) in [6.07, 6.45) is 3.98. The third-order valence-corrected chi connectivity index (χ3v) is 4.71. The largest absolute Gasteiger partial charge is 0.338 e. The molecule has 9 heteroatoms. The van der Waals surface area contributed by atoms with Crippen molar-refractivity contribution in [3.63, 3.8) is 0 Å². The van der Waals surface area contributed by atoms with Gasteiger partial charge in [-0.05, 0) is 37.6 Å². The number of nitrogens with one attached hydrogen (secondary N) is 1. The fourth-order valence-electron chi connectivity index (χ4n) is 3.11. The van der Waals surface area contributed by atoms with Crippen LogP contribution in [0.25, 0.3) is 11.4 Å². The van der Waals surface area contributed by atoms with Gasteiger partial charge in [0.15, 0.2) is 0 Å². The van der Waals surface area contributed by atoms with E-state index in [1.54, 1.807) is 36.4 Å². The number of aromatic nitrogens is 3. The van der Waals surface area contributed by atoms with E-state index in [2.05, 4.69) is 15.0 Å². The highest BCUT2D eigenvalue weighted by molar-refractivity contribution is 5.85. The molecule has 1 amide bonds. The van der Waals surface area contributed by atoms with Crippen molar-refractivity contribution >= 4 is 30.7 Å². The molecule has 0 spiro atoms. The topological polar surface area (TPSA) is 105 Å². The first-order valence-corrected chi connectivity index (χ1v) is 9.60. The lowest BCUT2D eigenvalue weighted by Gasteiger charge is -2.23. The standard InChI is InChI=1S/C22H25N5O2.2ClH/c1-16-19(22(29)26-21(25-16)18-8-11-24-12-9-18)14-20(28)27(13-5-10-23)15-17-6-3-2-4-7-17;;/h2-4,6-9,11-12H,5,10,13-15,23H2,1H3,(H,25,26,29);2*1H. The van der Waals surface area contributed by atoms with E-state index >= 15 is 0 Å². The monoisotopic (exact) mass is 463 g/mol. The maximum atomic E-state index is 13.0. The van der Waals surface area contributed by atoms with Crippen molar-refractivity contribution in [2.75, 3.05) is 13.1 Å². The second kappa shape index (κ2) is 12.8. The fourth-order valence-corrected chi connectivity index (χ4v) is 3.11. The van der Waals surface area contributed by atoms with E-state index in [9.17, 15) is 9.59 Å². The number of carbonyl (C=O) groups excluding carboxylic acids is 1. The summed E-state index contributed by atoms with van der Waals surface area (Å²) in [7, 11) is 0. The number of nitrogens with two attached hydrogens (primary N) is 1. The Balaban J connectivity index is 0.00000240. The molecule has 3 rings (SSSR count). The summed E-state index contributed by atoms with van der Waals surface area (Å²) in [6.45, 7) is 3.28. The van der Waals surface area contributed by atoms with Crippen molar-refractivity contribution in [2.45, 2.75) is 26.3 Å². The van der Waals surface area contributed by atoms with Crippen molar-refractivity contribution in [1.82, 2.24) is 19.9 Å². The van der Waals surface area contributed by atoms with Crippen LogP contribution in [0.5, 0.6) is 0 Å². The zero-order valence-corrected chi connectivity index (χ0v) is 18.9. The van der Waals surface area contributed by atoms with E-state index in [1.165, 1.54) is 0 Å².